The first-order valence-electron chi connectivity index (χ1n) is 10.5. The first-order chi connectivity index (χ1) is 15.0. The van der Waals surface area contributed by atoms with Crippen LogP contribution >= 0.6 is 0 Å². The highest BCUT2D eigenvalue weighted by Gasteiger charge is 2.31. The van der Waals surface area contributed by atoms with Gasteiger partial charge in [0.2, 0.25) is 0 Å². The number of amides is 1. The van der Waals surface area contributed by atoms with E-state index in [-0.39, 0.29) is 23.3 Å². The highest BCUT2D eigenvalue weighted by molar-refractivity contribution is 5.95. The van der Waals surface area contributed by atoms with Crippen LogP contribution in [0, 0.1) is 10.1 Å². The van der Waals surface area contributed by atoms with E-state index in [1.165, 1.54) is 34.6 Å². The molecule has 0 spiro atoms. The zero-order valence-electron chi connectivity index (χ0n) is 18.0. The summed E-state index contributed by atoms with van der Waals surface area (Å²) in [5.74, 6) is 0.166. The minimum absolute atomic E-state index is 0.172. The number of carbonyl (C=O) groups is 1. The topological polar surface area (TPSA) is 90.3 Å². The average molecular weight is 427 g/mol. The number of methoxy groups -OCH3 is 1. The van der Waals surface area contributed by atoms with Crippen LogP contribution in [0.15, 0.2) is 54.6 Å². The van der Waals surface area contributed by atoms with Crippen LogP contribution in [0.25, 0.3) is 6.08 Å². The number of quaternary nitrogens is 2. The molecule has 1 saturated heterocycles. The summed E-state index contributed by atoms with van der Waals surface area (Å²) < 4.78 is 5.04. The molecule has 1 amide bonds. The number of nitrogens with zero attached hydrogens (tertiary/aromatic N) is 1. The molecule has 31 heavy (non-hydrogen) atoms. The molecule has 1 fully saturated rings. The number of rotatable bonds is 8. The highest BCUT2D eigenvalue weighted by Crippen LogP contribution is 2.28. The van der Waals surface area contributed by atoms with Crippen molar-refractivity contribution in [3.8, 4) is 5.75 Å². The standard InChI is InChI=1S/C23H28N4O4/c1-18(23(28)24-21-11-10-20(31-2)17-22(21)27(29)30)26-15-13-25(14-16-26)12-6-9-19-7-4-3-5-8-19/h3-11,17-18H,12-16H2,1-2H3,(H,24,28)/p+2/b9-6+/t18-/m0/s1. The Morgan fingerprint density at radius 2 is 1.90 bits per heavy atom. The molecule has 1 aliphatic heterocycles. The van der Waals surface area contributed by atoms with Crippen LogP contribution in [0.4, 0.5) is 11.4 Å². The van der Waals surface area contributed by atoms with Gasteiger partial charge in [-0.2, -0.15) is 0 Å². The molecular formula is C23H30N4O4+2. The SMILES string of the molecule is COc1ccc(NC(=O)[C@H](C)[NH+]2CC[NH+](C/C=C/c3ccccc3)CC2)c([N+](=O)[O-])c1. The quantitative estimate of drug-likeness (QED) is 0.422. The molecule has 2 aromatic rings. The number of hydrogen-bond donors (Lipinski definition) is 3. The van der Waals surface area contributed by atoms with E-state index < -0.39 is 4.92 Å². The summed E-state index contributed by atoms with van der Waals surface area (Å²) in [4.78, 5) is 26.3. The van der Waals surface area contributed by atoms with Crippen molar-refractivity contribution >= 4 is 23.4 Å². The van der Waals surface area contributed by atoms with Crippen molar-refractivity contribution in [2.75, 3.05) is 45.2 Å². The van der Waals surface area contributed by atoms with Gasteiger partial charge in [0, 0.05) is 0 Å². The molecule has 0 radical (unpaired) electrons. The van der Waals surface area contributed by atoms with Crippen LogP contribution < -0.4 is 19.9 Å². The van der Waals surface area contributed by atoms with E-state index in [1.54, 1.807) is 6.07 Å². The number of carbonyl (C=O) groups excluding carboxylic acids is 1. The largest absolute Gasteiger partial charge is 0.496 e. The zero-order chi connectivity index (χ0) is 22.2. The molecule has 164 valence electrons. The van der Waals surface area contributed by atoms with Gasteiger partial charge in [0.15, 0.2) is 6.04 Å². The van der Waals surface area contributed by atoms with Gasteiger partial charge in [0.25, 0.3) is 11.6 Å². The van der Waals surface area contributed by atoms with Gasteiger partial charge < -0.3 is 19.9 Å². The lowest BCUT2D eigenvalue weighted by molar-refractivity contribution is -1.02. The molecule has 1 heterocycles. The van der Waals surface area contributed by atoms with E-state index in [2.05, 4.69) is 29.6 Å². The Labute approximate surface area is 182 Å². The van der Waals surface area contributed by atoms with Crippen molar-refractivity contribution in [3.63, 3.8) is 0 Å². The third kappa shape index (κ3) is 6.13. The van der Waals surface area contributed by atoms with Gasteiger partial charge in [0.1, 0.15) is 37.6 Å². The maximum Gasteiger partial charge on any atom is 0.296 e. The minimum atomic E-state index is -0.513. The summed E-state index contributed by atoms with van der Waals surface area (Å²) >= 11 is 0. The normalized spacial score (nSPS) is 19.7. The van der Waals surface area contributed by atoms with Gasteiger partial charge >= 0.3 is 0 Å². The molecule has 0 aliphatic carbocycles. The Morgan fingerprint density at radius 3 is 2.55 bits per heavy atom. The number of benzene rings is 2. The number of nitro groups is 1. The van der Waals surface area contributed by atoms with E-state index >= 15 is 0 Å². The molecule has 8 nitrogen and oxygen atoms in total. The Hall–Kier alpha value is -3.23. The highest BCUT2D eigenvalue weighted by atomic mass is 16.6. The molecule has 0 saturated carbocycles. The first kappa shape index (κ1) is 22.5. The second kappa shape index (κ2) is 10.7. The van der Waals surface area contributed by atoms with E-state index in [1.807, 2.05) is 25.1 Å². The number of anilines is 1. The molecule has 2 aromatic carbocycles. The van der Waals surface area contributed by atoms with E-state index in [0.29, 0.717) is 5.75 Å². The Kier molecular flexibility index (Phi) is 7.75. The Bertz CT molecular complexity index is 924. The molecule has 1 atom stereocenters. The fraction of sp³-hybridized carbons (Fsp3) is 0.348. The fourth-order valence-corrected chi connectivity index (χ4v) is 3.81. The smallest absolute Gasteiger partial charge is 0.296 e. The average Bonchev–Trinajstić information content (AvgIpc) is 2.80. The van der Waals surface area contributed by atoms with Crippen LogP contribution in [-0.2, 0) is 4.79 Å². The van der Waals surface area contributed by atoms with Gasteiger partial charge in [-0.15, -0.1) is 0 Å². The van der Waals surface area contributed by atoms with Gasteiger partial charge in [0.05, 0.1) is 24.6 Å². The number of piperazine rings is 1. The second-order valence-electron chi connectivity index (χ2n) is 7.78. The fourth-order valence-electron chi connectivity index (χ4n) is 3.81. The molecule has 8 heteroatoms. The molecular weight excluding hydrogens is 396 g/mol. The zero-order valence-corrected chi connectivity index (χ0v) is 18.0. The molecule has 0 unspecified atom stereocenters. The number of nitrogens with one attached hydrogen (secondary N) is 3. The van der Waals surface area contributed by atoms with Crippen LogP contribution in [-0.4, -0.2) is 56.7 Å². The maximum absolute atomic E-state index is 12.7. The van der Waals surface area contributed by atoms with Gasteiger partial charge in [-0.05, 0) is 30.7 Å². The van der Waals surface area contributed by atoms with Crippen LogP contribution in [0.1, 0.15) is 12.5 Å². The van der Waals surface area contributed by atoms with E-state index in [9.17, 15) is 14.9 Å². The summed E-state index contributed by atoms with van der Waals surface area (Å²) in [5.41, 5.74) is 1.22. The summed E-state index contributed by atoms with van der Waals surface area (Å²) in [6, 6.07) is 14.4. The third-order valence-corrected chi connectivity index (χ3v) is 5.78. The van der Waals surface area contributed by atoms with Gasteiger partial charge in [-0.3, -0.25) is 14.9 Å². The van der Waals surface area contributed by atoms with Crippen molar-refractivity contribution in [3.05, 3.63) is 70.3 Å². The first-order valence-corrected chi connectivity index (χ1v) is 10.5. The molecule has 0 bridgehead atoms. The number of ether oxygens (including phenoxy) is 1. The monoisotopic (exact) mass is 426 g/mol. The van der Waals surface area contributed by atoms with Crippen molar-refractivity contribution < 1.29 is 24.3 Å². The maximum atomic E-state index is 12.7. The predicted molar refractivity (Wildman–Crippen MR) is 119 cm³/mol. The van der Waals surface area contributed by atoms with Gasteiger partial charge in [-0.25, -0.2) is 0 Å². The summed E-state index contributed by atoms with van der Waals surface area (Å²) in [6.07, 6.45) is 4.35. The van der Waals surface area contributed by atoms with E-state index in [0.717, 1.165) is 32.7 Å². The summed E-state index contributed by atoms with van der Waals surface area (Å²) in [5, 5.41) is 14.1. The van der Waals surface area contributed by atoms with Crippen molar-refractivity contribution in [2.45, 2.75) is 13.0 Å². The molecule has 3 rings (SSSR count). The minimum Gasteiger partial charge on any atom is -0.496 e. The third-order valence-electron chi connectivity index (χ3n) is 5.78. The number of hydrogen-bond acceptors (Lipinski definition) is 4. The summed E-state index contributed by atoms with van der Waals surface area (Å²) in [7, 11) is 1.45. The van der Waals surface area contributed by atoms with Crippen LogP contribution in [0.5, 0.6) is 5.75 Å². The van der Waals surface area contributed by atoms with Gasteiger partial charge in [-0.1, -0.05) is 36.4 Å². The van der Waals surface area contributed by atoms with E-state index in [4.69, 9.17) is 4.74 Å². The van der Waals surface area contributed by atoms with Crippen molar-refractivity contribution in [1.82, 2.24) is 0 Å². The number of nitro benzene ring substituents is 1. The summed E-state index contributed by atoms with van der Waals surface area (Å²) in [6.45, 7) is 6.56. The van der Waals surface area contributed by atoms with Crippen molar-refractivity contribution in [2.24, 2.45) is 0 Å². The lowest BCUT2D eigenvalue weighted by atomic mass is 10.2. The van der Waals surface area contributed by atoms with Crippen molar-refractivity contribution in [1.29, 1.82) is 0 Å². The predicted octanol–water partition coefficient (Wildman–Crippen LogP) is 0.427. The lowest BCUT2D eigenvalue weighted by Crippen LogP contribution is -3.29. The Balaban J connectivity index is 1.51. The molecule has 0 aromatic heterocycles. The van der Waals surface area contributed by atoms with Crippen LogP contribution in [0.3, 0.4) is 0 Å². The second-order valence-corrected chi connectivity index (χ2v) is 7.78. The molecule has 3 N–H and O–H groups in total. The Morgan fingerprint density at radius 1 is 1.19 bits per heavy atom. The van der Waals surface area contributed by atoms with Crippen LogP contribution in [0.2, 0.25) is 0 Å². The molecule has 1 aliphatic rings. The lowest BCUT2D eigenvalue weighted by Gasteiger charge is -2.32.